The van der Waals surface area contributed by atoms with Crippen molar-refractivity contribution in [3.63, 3.8) is 0 Å². The molecule has 0 aliphatic heterocycles. The minimum Gasteiger partial charge on any atom is -0.492 e. The molecule has 0 aromatic heterocycles. The van der Waals surface area contributed by atoms with Gasteiger partial charge in [0.25, 0.3) is 5.91 Å². The average molecular weight is 304 g/mol. The molecule has 3 N–H and O–H groups in total. The third-order valence-electron chi connectivity index (χ3n) is 2.27. The van der Waals surface area contributed by atoms with Gasteiger partial charge in [-0.1, -0.05) is 0 Å². The van der Waals surface area contributed by atoms with Crippen LogP contribution in [0, 0.1) is 5.82 Å². The lowest BCUT2D eigenvalue weighted by molar-refractivity contribution is 0.0918. The Morgan fingerprint density at radius 2 is 1.90 bits per heavy atom. The van der Waals surface area contributed by atoms with Gasteiger partial charge >= 0.3 is 0 Å². The molecule has 0 saturated carbocycles. The molecular weight excluding hydrogens is 287 g/mol. The Morgan fingerprint density at radius 1 is 1.35 bits per heavy atom. The molecule has 1 aromatic rings. The van der Waals surface area contributed by atoms with E-state index in [9.17, 15) is 17.6 Å². The summed E-state index contributed by atoms with van der Waals surface area (Å²) in [5.41, 5.74) is -0.697. The van der Waals surface area contributed by atoms with Crippen molar-refractivity contribution in [2.45, 2.75) is 31.2 Å². The molecular formula is C12H17FN2O4S. The number of hydrogen-bond acceptors (Lipinski definition) is 4. The number of primary sulfonamides is 1. The quantitative estimate of drug-likeness (QED) is 0.870. The van der Waals surface area contributed by atoms with Crippen LogP contribution in [0.15, 0.2) is 17.0 Å². The number of halogens is 1. The Morgan fingerprint density at radius 3 is 2.30 bits per heavy atom. The Kier molecular flexibility index (Phi) is 4.40. The summed E-state index contributed by atoms with van der Waals surface area (Å²) in [6.07, 6.45) is 0. The summed E-state index contributed by atoms with van der Waals surface area (Å²) in [5, 5.41) is 7.59. The van der Waals surface area contributed by atoms with Crippen LogP contribution in [-0.2, 0) is 10.0 Å². The predicted octanol–water partition coefficient (Wildman–Crippen LogP) is 1.01. The predicted molar refractivity (Wildman–Crippen MR) is 71.5 cm³/mol. The lowest BCUT2D eigenvalue weighted by Crippen LogP contribution is -2.40. The highest BCUT2D eigenvalue weighted by Gasteiger charge is 2.24. The molecule has 0 heterocycles. The maximum Gasteiger partial charge on any atom is 0.251 e. The minimum absolute atomic E-state index is 0.151. The summed E-state index contributed by atoms with van der Waals surface area (Å²) in [6, 6.07) is 1.88. The van der Waals surface area contributed by atoms with Crippen molar-refractivity contribution in [2.75, 3.05) is 7.11 Å². The largest absolute Gasteiger partial charge is 0.492 e. The smallest absolute Gasteiger partial charge is 0.251 e. The fourth-order valence-electron chi connectivity index (χ4n) is 1.52. The SMILES string of the molecule is COc1c(F)cc(C(=O)NC(C)(C)C)cc1S(N)(=O)=O. The summed E-state index contributed by atoms with van der Waals surface area (Å²) in [6.45, 7) is 5.22. The van der Waals surface area contributed by atoms with Gasteiger partial charge in [0, 0.05) is 11.1 Å². The average Bonchev–Trinajstić information content (AvgIpc) is 2.24. The Balaban J connectivity index is 3.39. The third-order valence-corrected chi connectivity index (χ3v) is 3.19. The van der Waals surface area contributed by atoms with Crippen LogP contribution in [0.2, 0.25) is 0 Å². The highest BCUT2D eigenvalue weighted by molar-refractivity contribution is 7.89. The van der Waals surface area contributed by atoms with Gasteiger partial charge < -0.3 is 10.1 Å². The van der Waals surface area contributed by atoms with E-state index in [1.807, 2.05) is 0 Å². The zero-order valence-electron chi connectivity index (χ0n) is 11.7. The maximum absolute atomic E-state index is 13.8. The lowest BCUT2D eigenvalue weighted by atomic mass is 10.1. The standard InChI is InChI=1S/C12H17FN2O4S/c1-12(2,3)15-11(16)7-5-8(13)10(19-4)9(6-7)20(14,17)18/h5-6H,1-4H3,(H,15,16)(H2,14,17,18). The van der Waals surface area contributed by atoms with Gasteiger partial charge in [-0.2, -0.15) is 0 Å². The van der Waals surface area contributed by atoms with Gasteiger partial charge in [-0.25, -0.2) is 17.9 Å². The number of hydrogen-bond donors (Lipinski definition) is 2. The molecule has 0 unspecified atom stereocenters. The van der Waals surface area contributed by atoms with Crippen molar-refractivity contribution < 1.29 is 22.3 Å². The molecule has 20 heavy (non-hydrogen) atoms. The molecule has 8 heteroatoms. The first-order valence-electron chi connectivity index (χ1n) is 5.68. The fourth-order valence-corrected chi connectivity index (χ4v) is 2.25. The monoisotopic (exact) mass is 304 g/mol. The van der Waals surface area contributed by atoms with Crippen LogP contribution in [0.25, 0.3) is 0 Å². The number of nitrogens with one attached hydrogen (secondary N) is 1. The Labute approximate surface area is 117 Å². The summed E-state index contributed by atoms with van der Waals surface area (Å²) in [4.78, 5) is 11.4. The first kappa shape index (κ1) is 16.4. The van der Waals surface area contributed by atoms with E-state index in [0.29, 0.717) is 0 Å². The first-order valence-corrected chi connectivity index (χ1v) is 7.23. The highest BCUT2D eigenvalue weighted by Crippen LogP contribution is 2.27. The Bertz CT molecular complexity index is 636. The van der Waals surface area contributed by atoms with Crippen molar-refractivity contribution >= 4 is 15.9 Å². The lowest BCUT2D eigenvalue weighted by Gasteiger charge is -2.21. The number of carbonyl (C=O) groups excluding carboxylic acids is 1. The number of rotatable bonds is 3. The molecule has 0 radical (unpaired) electrons. The van der Waals surface area contributed by atoms with Crippen molar-refractivity contribution in [1.82, 2.24) is 5.32 Å². The van der Waals surface area contributed by atoms with Crippen LogP contribution in [0.4, 0.5) is 4.39 Å². The van der Waals surface area contributed by atoms with Gasteiger partial charge in [-0.05, 0) is 32.9 Å². The van der Waals surface area contributed by atoms with Gasteiger partial charge in [-0.15, -0.1) is 0 Å². The van der Waals surface area contributed by atoms with Crippen molar-refractivity contribution in [3.05, 3.63) is 23.5 Å². The minimum atomic E-state index is -4.21. The zero-order valence-corrected chi connectivity index (χ0v) is 12.5. The normalized spacial score (nSPS) is 12.1. The number of methoxy groups -OCH3 is 1. The van der Waals surface area contributed by atoms with Crippen molar-refractivity contribution in [3.8, 4) is 5.75 Å². The third kappa shape index (κ3) is 3.91. The van der Waals surface area contributed by atoms with Crippen LogP contribution in [0.1, 0.15) is 31.1 Å². The van der Waals surface area contributed by atoms with Crippen molar-refractivity contribution in [1.29, 1.82) is 0 Å². The van der Waals surface area contributed by atoms with Gasteiger partial charge in [0.2, 0.25) is 10.0 Å². The van der Waals surface area contributed by atoms with Gasteiger partial charge in [0.05, 0.1) is 7.11 Å². The summed E-state index contributed by atoms with van der Waals surface area (Å²) in [7, 11) is -3.10. The molecule has 0 bridgehead atoms. The number of amides is 1. The molecule has 0 aliphatic carbocycles. The first-order chi connectivity index (χ1) is 8.95. The van der Waals surface area contributed by atoms with E-state index in [1.54, 1.807) is 20.8 Å². The van der Waals surface area contributed by atoms with Gasteiger partial charge in [-0.3, -0.25) is 4.79 Å². The molecule has 0 spiro atoms. The number of nitrogens with two attached hydrogens (primary N) is 1. The molecule has 1 aromatic carbocycles. The molecule has 0 fully saturated rings. The van der Waals surface area contributed by atoms with E-state index in [0.717, 1.165) is 19.2 Å². The maximum atomic E-state index is 13.8. The van der Waals surface area contributed by atoms with Gasteiger partial charge in [0.1, 0.15) is 4.90 Å². The molecule has 1 rings (SSSR count). The topological polar surface area (TPSA) is 98.5 Å². The van der Waals surface area contributed by atoms with Gasteiger partial charge in [0.15, 0.2) is 11.6 Å². The second-order valence-corrected chi connectivity index (χ2v) is 6.77. The highest BCUT2D eigenvalue weighted by atomic mass is 32.2. The Hall–Kier alpha value is -1.67. The van der Waals surface area contributed by atoms with Crippen LogP contribution in [0.3, 0.4) is 0 Å². The molecule has 0 aliphatic rings. The van der Waals surface area contributed by atoms with E-state index in [-0.39, 0.29) is 5.56 Å². The van der Waals surface area contributed by atoms with E-state index < -0.39 is 37.9 Å². The molecule has 112 valence electrons. The summed E-state index contributed by atoms with van der Waals surface area (Å²) >= 11 is 0. The fraction of sp³-hybridized carbons (Fsp3) is 0.417. The number of carbonyl (C=O) groups is 1. The van der Waals surface area contributed by atoms with E-state index in [2.05, 4.69) is 10.1 Å². The second kappa shape index (κ2) is 5.37. The number of benzene rings is 1. The summed E-state index contributed by atoms with van der Waals surface area (Å²) in [5.74, 6) is -2.10. The summed E-state index contributed by atoms with van der Waals surface area (Å²) < 4.78 is 41.3. The van der Waals surface area contributed by atoms with Crippen LogP contribution in [-0.4, -0.2) is 27.0 Å². The molecule has 0 saturated heterocycles. The number of ether oxygens (including phenoxy) is 1. The second-order valence-electron chi connectivity index (χ2n) is 5.24. The van der Waals surface area contributed by atoms with Crippen LogP contribution in [0.5, 0.6) is 5.75 Å². The molecule has 0 atom stereocenters. The molecule has 6 nitrogen and oxygen atoms in total. The zero-order chi connectivity index (χ0) is 15.7. The van der Waals surface area contributed by atoms with Crippen LogP contribution >= 0.6 is 0 Å². The van der Waals surface area contributed by atoms with Crippen molar-refractivity contribution in [2.24, 2.45) is 5.14 Å². The number of sulfonamides is 1. The molecule has 1 amide bonds. The van der Waals surface area contributed by atoms with E-state index >= 15 is 0 Å². The van der Waals surface area contributed by atoms with E-state index in [1.165, 1.54) is 0 Å². The van der Waals surface area contributed by atoms with Crippen LogP contribution < -0.4 is 15.2 Å². The van der Waals surface area contributed by atoms with E-state index in [4.69, 9.17) is 5.14 Å².